The molecule has 0 radical (unpaired) electrons. The minimum Gasteiger partial charge on any atom is -0.368 e. The molecule has 1 aliphatic heterocycles. The molecule has 1 aliphatic rings. The summed E-state index contributed by atoms with van der Waals surface area (Å²) in [4.78, 5) is 7.03. The minimum atomic E-state index is 0.988. The van der Waals surface area contributed by atoms with Gasteiger partial charge in [0, 0.05) is 29.4 Å². The fraction of sp³-hybridized carbons (Fsp3) is 0.533. The van der Waals surface area contributed by atoms with E-state index < -0.39 is 0 Å². The lowest BCUT2D eigenvalue weighted by Gasteiger charge is -2.20. The molecule has 0 aromatic carbocycles. The molecule has 2 aromatic heterocycles. The van der Waals surface area contributed by atoms with Crippen LogP contribution in [0.2, 0.25) is 0 Å². The molecule has 3 heterocycles. The van der Waals surface area contributed by atoms with E-state index in [2.05, 4.69) is 32.7 Å². The Morgan fingerprint density at radius 3 is 2.84 bits per heavy atom. The summed E-state index contributed by atoms with van der Waals surface area (Å²) in [6.07, 6.45) is 7.42. The minimum absolute atomic E-state index is 0.988. The molecule has 0 amide bonds. The first-order valence-corrected chi connectivity index (χ1v) is 8.10. The van der Waals surface area contributed by atoms with Gasteiger partial charge in [0.1, 0.15) is 5.82 Å². The number of hydrogen-bond acceptors (Lipinski definition) is 4. The molecule has 1 N–H and O–H groups in total. The topological polar surface area (TPSA) is 28.2 Å². The van der Waals surface area contributed by atoms with Gasteiger partial charge in [0.25, 0.3) is 0 Å². The fourth-order valence-electron chi connectivity index (χ4n) is 2.73. The van der Waals surface area contributed by atoms with Crippen LogP contribution >= 0.6 is 11.3 Å². The maximum atomic E-state index is 4.46. The van der Waals surface area contributed by atoms with Crippen LogP contribution in [0.4, 0.5) is 5.82 Å². The molecule has 0 unspecified atom stereocenters. The summed E-state index contributed by atoms with van der Waals surface area (Å²) in [7, 11) is 0. The third-order valence-corrected chi connectivity index (χ3v) is 4.68. The number of nitrogens with zero attached hydrogens (tertiary/aromatic N) is 2. The predicted octanol–water partition coefficient (Wildman–Crippen LogP) is 3.58. The van der Waals surface area contributed by atoms with Gasteiger partial charge in [0.15, 0.2) is 0 Å². The molecule has 0 atom stereocenters. The third kappa shape index (κ3) is 3.25. The molecule has 3 nitrogen and oxygen atoms in total. The van der Waals surface area contributed by atoms with Crippen molar-refractivity contribution in [1.29, 1.82) is 0 Å². The molecular formula is C15H21N3S. The van der Waals surface area contributed by atoms with Gasteiger partial charge >= 0.3 is 0 Å². The third-order valence-electron chi connectivity index (χ3n) is 3.80. The molecule has 102 valence electrons. The highest BCUT2D eigenvalue weighted by Gasteiger charge is 2.09. The first kappa shape index (κ1) is 12.9. The van der Waals surface area contributed by atoms with Crippen LogP contribution in [0.5, 0.6) is 0 Å². The number of anilines is 1. The van der Waals surface area contributed by atoms with E-state index in [-0.39, 0.29) is 0 Å². The van der Waals surface area contributed by atoms with Gasteiger partial charge in [-0.2, -0.15) is 0 Å². The second-order valence-corrected chi connectivity index (χ2v) is 6.12. The summed E-state index contributed by atoms with van der Waals surface area (Å²) in [6.45, 7) is 4.64. The van der Waals surface area contributed by atoms with Crippen molar-refractivity contribution in [3.8, 4) is 0 Å². The van der Waals surface area contributed by atoms with Gasteiger partial charge in [-0.3, -0.25) is 0 Å². The van der Waals surface area contributed by atoms with Crippen molar-refractivity contribution in [2.45, 2.75) is 25.7 Å². The van der Waals surface area contributed by atoms with Crippen LogP contribution in [0.15, 0.2) is 23.7 Å². The van der Waals surface area contributed by atoms with Gasteiger partial charge in [-0.1, -0.05) is 12.8 Å². The number of hydrogen-bond donors (Lipinski definition) is 1. The summed E-state index contributed by atoms with van der Waals surface area (Å²) in [6, 6.07) is 4.24. The number of nitrogens with one attached hydrogen (secondary N) is 1. The van der Waals surface area contributed by atoms with Gasteiger partial charge in [-0.05, 0) is 43.4 Å². The second-order valence-electron chi connectivity index (χ2n) is 5.17. The number of likely N-dealkylation sites (tertiary alicyclic amines) is 1. The molecular weight excluding hydrogens is 254 g/mol. The number of fused-ring (bicyclic) bond motifs is 1. The Morgan fingerprint density at radius 1 is 1.16 bits per heavy atom. The quantitative estimate of drug-likeness (QED) is 0.924. The van der Waals surface area contributed by atoms with Gasteiger partial charge in [0.2, 0.25) is 0 Å². The zero-order chi connectivity index (χ0) is 12.9. The Balaban J connectivity index is 1.55. The Labute approximate surface area is 118 Å². The van der Waals surface area contributed by atoms with Crippen molar-refractivity contribution in [2.75, 3.05) is 31.5 Å². The zero-order valence-electron chi connectivity index (χ0n) is 11.3. The van der Waals surface area contributed by atoms with Gasteiger partial charge in [0.05, 0.1) is 0 Å². The van der Waals surface area contributed by atoms with Crippen molar-refractivity contribution in [3.05, 3.63) is 23.7 Å². The van der Waals surface area contributed by atoms with Crippen LogP contribution in [0, 0.1) is 0 Å². The summed E-state index contributed by atoms with van der Waals surface area (Å²) < 4.78 is 1.31. The smallest absolute Gasteiger partial charge is 0.134 e. The summed E-state index contributed by atoms with van der Waals surface area (Å²) in [5.74, 6) is 1.04. The van der Waals surface area contributed by atoms with Crippen LogP contribution in [0.1, 0.15) is 25.7 Å². The van der Waals surface area contributed by atoms with E-state index in [0.717, 1.165) is 18.9 Å². The zero-order valence-corrected chi connectivity index (χ0v) is 12.1. The average molecular weight is 275 g/mol. The fourth-order valence-corrected chi connectivity index (χ4v) is 3.51. The molecule has 19 heavy (non-hydrogen) atoms. The van der Waals surface area contributed by atoms with E-state index in [1.807, 2.05) is 6.20 Å². The summed E-state index contributed by atoms with van der Waals surface area (Å²) in [5, 5.41) is 6.88. The highest BCUT2D eigenvalue weighted by molar-refractivity contribution is 7.17. The average Bonchev–Trinajstić information content (AvgIpc) is 2.77. The van der Waals surface area contributed by atoms with Crippen LogP contribution in [0.3, 0.4) is 0 Å². The SMILES string of the molecule is c1cc2sccc2c(NCCN2CCCCCC2)n1. The molecule has 0 aliphatic carbocycles. The van der Waals surface area contributed by atoms with E-state index in [9.17, 15) is 0 Å². The molecule has 1 saturated heterocycles. The van der Waals surface area contributed by atoms with Crippen molar-refractivity contribution in [1.82, 2.24) is 9.88 Å². The van der Waals surface area contributed by atoms with E-state index in [4.69, 9.17) is 0 Å². The highest BCUT2D eigenvalue weighted by Crippen LogP contribution is 2.25. The molecule has 1 fully saturated rings. The van der Waals surface area contributed by atoms with Crippen molar-refractivity contribution < 1.29 is 0 Å². The molecule has 0 saturated carbocycles. The maximum Gasteiger partial charge on any atom is 0.134 e. The lowest BCUT2D eigenvalue weighted by atomic mass is 10.2. The van der Waals surface area contributed by atoms with Crippen molar-refractivity contribution >= 4 is 27.2 Å². The Kier molecular flexibility index (Phi) is 4.30. The number of rotatable bonds is 4. The number of thiophene rings is 1. The molecule has 2 aromatic rings. The van der Waals surface area contributed by atoms with Crippen molar-refractivity contribution in [2.24, 2.45) is 0 Å². The standard InChI is InChI=1S/C15H21N3S/c1-2-4-10-18(9-3-1)11-8-17-15-13-6-12-19-14(13)5-7-16-15/h5-7,12H,1-4,8-11H2,(H,16,17). The van der Waals surface area contributed by atoms with E-state index >= 15 is 0 Å². The highest BCUT2D eigenvalue weighted by atomic mass is 32.1. The Morgan fingerprint density at radius 2 is 2.00 bits per heavy atom. The molecule has 0 spiro atoms. The Hall–Kier alpha value is -1.13. The first-order valence-electron chi connectivity index (χ1n) is 7.22. The largest absolute Gasteiger partial charge is 0.368 e. The second kappa shape index (κ2) is 6.35. The number of aromatic nitrogens is 1. The Bertz CT molecular complexity index is 515. The monoisotopic (exact) mass is 275 g/mol. The van der Waals surface area contributed by atoms with Gasteiger partial charge < -0.3 is 10.2 Å². The molecule has 4 heteroatoms. The lowest BCUT2D eigenvalue weighted by Crippen LogP contribution is -2.30. The van der Waals surface area contributed by atoms with E-state index in [1.54, 1.807) is 11.3 Å². The lowest BCUT2D eigenvalue weighted by molar-refractivity contribution is 0.296. The summed E-state index contributed by atoms with van der Waals surface area (Å²) in [5.41, 5.74) is 0. The first-order chi connectivity index (χ1) is 9.43. The van der Waals surface area contributed by atoms with E-state index in [1.165, 1.54) is 48.9 Å². The molecule has 0 bridgehead atoms. The van der Waals surface area contributed by atoms with Crippen LogP contribution in [0.25, 0.3) is 10.1 Å². The van der Waals surface area contributed by atoms with E-state index in [0.29, 0.717) is 0 Å². The van der Waals surface area contributed by atoms with Crippen LogP contribution < -0.4 is 5.32 Å². The summed E-state index contributed by atoms with van der Waals surface area (Å²) >= 11 is 1.78. The normalized spacial score (nSPS) is 17.5. The predicted molar refractivity (Wildman–Crippen MR) is 83.0 cm³/mol. The number of pyridine rings is 1. The maximum absolute atomic E-state index is 4.46. The van der Waals surface area contributed by atoms with Crippen LogP contribution in [-0.2, 0) is 0 Å². The van der Waals surface area contributed by atoms with Gasteiger partial charge in [-0.15, -0.1) is 11.3 Å². The molecule has 3 rings (SSSR count). The van der Waals surface area contributed by atoms with Gasteiger partial charge in [-0.25, -0.2) is 4.98 Å². The van der Waals surface area contributed by atoms with Crippen LogP contribution in [-0.4, -0.2) is 36.1 Å². The van der Waals surface area contributed by atoms with Crippen molar-refractivity contribution in [3.63, 3.8) is 0 Å².